The number of hydrazine groups is 1. The number of aliphatic hydroxyl groups excluding tert-OH is 2. The number of alkyl halides is 1. The standard InChI is InChI=1S/C56H60F3N11O8S2/c1-31(2)49(56(75)69-28-40(72)21-46(69)55(74)63-44(29-71)34-4-6-35(7-5-34)53-32(3)62-30-79-53)47-22-48(64-78-47)67-26-39(27-67)66-18-16-65(17-19-66)38-10-8-33(9-11-38)36-20-41-42(24-61-54(41)60-23-36)52(73)50-43(58)12-13-45(51(50)59)70(80(76)77)68-15-14-37(57)25-68/h4-13,20,22-24,30-31,37,39-40,44,46,49,71-72,80H,14-19,21,25-29H2,1-3H3,(H,60,61)(H,63,74)/t37-,40-,44+,46+,49?/m1/s1. The van der Waals surface area contributed by atoms with E-state index in [-0.39, 0.29) is 62.5 Å². The van der Waals surface area contributed by atoms with Crippen molar-refractivity contribution < 1.29 is 50.7 Å². The van der Waals surface area contributed by atoms with Crippen LogP contribution >= 0.6 is 11.3 Å². The quantitative estimate of drug-likeness (QED) is 0.0520. The van der Waals surface area contributed by atoms with Gasteiger partial charge < -0.3 is 39.7 Å². The van der Waals surface area contributed by atoms with Crippen molar-refractivity contribution in [3.8, 4) is 21.6 Å². The number of anilines is 3. The Morgan fingerprint density at radius 3 is 2.31 bits per heavy atom. The summed E-state index contributed by atoms with van der Waals surface area (Å²) in [5.74, 6) is -4.39. The molecule has 11 rings (SSSR count). The third-order valence-electron chi connectivity index (χ3n) is 15.8. The maximum Gasteiger partial charge on any atom is 0.243 e. The first kappa shape index (κ1) is 54.7. The molecule has 4 N–H and O–H groups in total. The van der Waals surface area contributed by atoms with Crippen LogP contribution in [0.2, 0.25) is 0 Å². The minimum absolute atomic E-state index is 0.00874. The zero-order valence-electron chi connectivity index (χ0n) is 44.0. The van der Waals surface area contributed by atoms with Crippen molar-refractivity contribution in [1.29, 1.82) is 0 Å². The van der Waals surface area contributed by atoms with Crippen LogP contribution in [0, 0.1) is 24.5 Å². The number of hydrogen-bond donors (Lipinski definition) is 5. The largest absolute Gasteiger partial charge is 0.394 e. The molecular weight excluding hydrogens is 1080 g/mol. The first-order valence-electron chi connectivity index (χ1n) is 26.6. The molecule has 4 aliphatic heterocycles. The molecule has 3 aromatic carbocycles. The Hall–Kier alpha value is -7.22. The Balaban J connectivity index is 0.688. The average molecular weight is 1140 g/mol. The highest BCUT2D eigenvalue weighted by Crippen LogP contribution is 2.37. The molecule has 0 radical (unpaired) electrons. The summed E-state index contributed by atoms with van der Waals surface area (Å²) in [6, 6.07) is 19.3. The molecule has 420 valence electrons. The molecule has 4 fully saturated rings. The predicted molar refractivity (Wildman–Crippen MR) is 295 cm³/mol. The smallest absolute Gasteiger partial charge is 0.243 e. The number of H-pyrrole nitrogens is 1. The first-order valence-corrected chi connectivity index (χ1v) is 28.6. The van der Waals surface area contributed by atoms with Gasteiger partial charge in [0.2, 0.25) is 28.5 Å². The summed E-state index contributed by atoms with van der Waals surface area (Å²) in [4.78, 5) is 63.2. The fourth-order valence-electron chi connectivity index (χ4n) is 11.4. The van der Waals surface area contributed by atoms with Crippen LogP contribution in [0.4, 0.5) is 30.4 Å². The minimum atomic E-state index is -3.50. The van der Waals surface area contributed by atoms with Gasteiger partial charge in [-0.25, -0.2) is 36.6 Å². The number of piperazine rings is 1. The lowest BCUT2D eigenvalue weighted by Gasteiger charge is -2.48. The lowest BCUT2D eigenvalue weighted by molar-refractivity contribution is -0.141. The van der Waals surface area contributed by atoms with Crippen LogP contribution in [0.3, 0.4) is 0 Å². The number of hydrogen-bond acceptors (Lipinski definition) is 16. The predicted octanol–water partition coefficient (Wildman–Crippen LogP) is 6.01. The summed E-state index contributed by atoms with van der Waals surface area (Å²) in [5.41, 5.74) is 5.55. The number of thiazole rings is 1. The van der Waals surface area contributed by atoms with Gasteiger partial charge in [0.15, 0.2) is 17.4 Å². The number of carbonyl (C=O) groups excluding carboxylic acids is 3. The molecule has 1 unspecified atom stereocenters. The number of amides is 2. The molecule has 4 aliphatic rings. The Kier molecular flexibility index (Phi) is 15.5. The van der Waals surface area contributed by atoms with Crippen LogP contribution in [0.1, 0.15) is 71.6 Å². The number of nitrogens with zero attached hydrogens (tertiary/aromatic N) is 9. The highest BCUT2D eigenvalue weighted by atomic mass is 32.2. The SMILES string of the molecule is Cc1ncsc1-c1ccc([C@H](CO)NC(=O)[C@@H]2C[C@@H](O)CN2C(=O)C(c2cc(N3CC(N4CCN(c5ccc(-c6cnc7[nH]cc(C(=O)c8c(F)ccc(N(N9CC[C@@H](F)C9)[SH](=O)=O)c8F)c7c6)cc5)CC4)C3)no2)C(C)C)cc1. The van der Waals surface area contributed by atoms with Gasteiger partial charge in [0, 0.05) is 105 Å². The third-order valence-corrected chi connectivity index (χ3v) is 17.6. The molecule has 2 amide bonds. The second kappa shape index (κ2) is 22.7. The normalized spacial score (nSPS) is 20.0. The Morgan fingerprint density at radius 1 is 0.912 bits per heavy atom. The third kappa shape index (κ3) is 10.7. The van der Waals surface area contributed by atoms with E-state index in [4.69, 9.17) is 4.52 Å². The van der Waals surface area contributed by atoms with Crippen LogP contribution in [0.25, 0.3) is 32.6 Å². The molecular formula is C56H60F3N11O8S2. The topological polar surface area (TPSA) is 225 Å². The number of nitrogens with one attached hydrogen (secondary N) is 2. The fourth-order valence-corrected chi connectivity index (χ4v) is 12.9. The van der Waals surface area contributed by atoms with Crippen molar-refractivity contribution in [2.24, 2.45) is 5.92 Å². The zero-order valence-corrected chi connectivity index (χ0v) is 45.8. The molecule has 0 bridgehead atoms. The van der Waals surface area contributed by atoms with Gasteiger partial charge in [-0.05, 0) is 66.3 Å². The van der Waals surface area contributed by atoms with E-state index in [1.807, 2.05) is 69.3 Å². The lowest BCUT2D eigenvalue weighted by atomic mass is 9.91. The van der Waals surface area contributed by atoms with E-state index in [1.165, 1.54) is 22.4 Å². The monoisotopic (exact) mass is 1140 g/mol. The van der Waals surface area contributed by atoms with Crippen molar-refractivity contribution >= 4 is 68.1 Å². The number of fused-ring (bicyclic) bond motifs is 1. The number of aromatic nitrogens is 4. The Morgan fingerprint density at radius 2 is 1.65 bits per heavy atom. The van der Waals surface area contributed by atoms with E-state index in [1.54, 1.807) is 23.8 Å². The molecule has 4 saturated heterocycles. The van der Waals surface area contributed by atoms with Crippen LogP contribution in [-0.2, 0) is 20.5 Å². The number of aryl methyl sites for hydroxylation is 1. The minimum Gasteiger partial charge on any atom is -0.394 e. The van der Waals surface area contributed by atoms with Crippen LogP contribution in [-0.4, -0.2) is 161 Å². The van der Waals surface area contributed by atoms with E-state index in [2.05, 4.69) is 40.1 Å². The molecule has 0 spiro atoms. The average Bonchev–Trinajstić information content (AvgIpc) is 4.34. The van der Waals surface area contributed by atoms with E-state index >= 15 is 8.78 Å². The molecule has 19 nitrogen and oxygen atoms in total. The van der Waals surface area contributed by atoms with Gasteiger partial charge in [0.25, 0.3) is 0 Å². The van der Waals surface area contributed by atoms with Gasteiger partial charge in [0.1, 0.15) is 35.3 Å². The van der Waals surface area contributed by atoms with Crippen molar-refractivity contribution in [1.82, 2.24) is 40.2 Å². The molecule has 8 heterocycles. The zero-order chi connectivity index (χ0) is 56.1. The number of halogens is 3. The van der Waals surface area contributed by atoms with Gasteiger partial charge in [0.05, 0.1) is 46.9 Å². The van der Waals surface area contributed by atoms with Crippen molar-refractivity contribution in [2.45, 2.75) is 69.9 Å². The number of aromatic amines is 1. The van der Waals surface area contributed by atoms with Crippen molar-refractivity contribution in [3.05, 3.63) is 130 Å². The van der Waals surface area contributed by atoms with E-state index in [9.17, 15) is 37.4 Å². The summed E-state index contributed by atoms with van der Waals surface area (Å²) < 4.78 is 76.4. The number of β-amino-alcohol motifs (C(OH)–C–C–N with tert-alkyl or cyclic N) is 1. The van der Waals surface area contributed by atoms with Crippen LogP contribution in [0.5, 0.6) is 0 Å². The summed E-state index contributed by atoms with van der Waals surface area (Å²) in [5, 5.41) is 29.8. The molecule has 5 atom stereocenters. The first-order chi connectivity index (χ1) is 38.5. The fraction of sp³-hybridized carbons (Fsp3) is 0.393. The maximum absolute atomic E-state index is 16.1. The Labute approximate surface area is 464 Å². The van der Waals surface area contributed by atoms with Gasteiger partial charge in [-0.1, -0.05) is 55.4 Å². The number of pyridine rings is 1. The highest BCUT2D eigenvalue weighted by Gasteiger charge is 2.45. The highest BCUT2D eigenvalue weighted by molar-refractivity contribution is 7.73. The van der Waals surface area contributed by atoms with Gasteiger partial charge >= 0.3 is 0 Å². The summed E-state index contributed by atoms with van der Waals surface area (Å²) >= 11 is 1.53. The number of likely N-dealkylation sites (tertiary alicyclic amines) is 1. The number of aliphatic hydroxyl groups is 2. The van der Waals surface area contributed by atoms with Crippen LogP contribution < -0.4 is 19.5 Å². The summed E-state index contributed by atoms with van der Waals surface area (Å²) in [6.45, 7) is 9.69. The Bertz CT molecular complexity index is 3500. The summed E-state index contributed by atoms with van der Waals surface area (Å²) in [7, 11) is -3.50. The van der Waals surface area contributed by atoms with Gasteiger partial charge in [-0.15, -0.1) is 11.3 Å². The van der Waals surface area contributed by atoms with E-state index in [0.29, 0.717) is 51.2 Å². The summed E-state index contributed by atoms with van der Waals surface area (Å²) in [6.07, 6.45) is 0.793. The van der Waals surface area contributed by atoms with Gasteiger partial charge in [-0.2, -0.15) is 4.41 Å². The molecule has 0 saturated carbocycles. The van der Waals surface area contributed by atoms with E-state index < -0.39 is 75.7 Å². The van der Waals surface area contributed by atoms with Gasteiger partial charge in [-0.3, -0.25) is 19.3 Å². The van der Waals surface area contributed by atoms with Crippen molar-refractivity contribution in [3.63, 3.8) is 0 Å². The molecule has 80 heavy (non-hydrogen) atoms. The number of rotatable bonds is 17. The number of carbonyl (C=O) groups is 3. The second-order valence-corrected chi connectivity index (χ2v) is 22.9. The number of thiol groups is 1. The maximum atomic E-state index is 16.1. The van der Waals surface area contributed by atoms with E-state index in [0.717, 1.165) is 70.7 Å². The molecule has 7 aromatic rings. The molecule has 4 aromatic heterocycles. The number of ketones is 1. The van der Waals surface area contributed by atoms with Crippen molar-refractivity contribution in [2.75, 3.05) is 79.7 Å². The number of benzene rings is 3. The van der Waals surface area contributed by atoms with Crippen LogP contribution in [0.15, 0.2) is 95.2 Å². The molecule has 0 aliphatic carbocycles. The second-order valence-electron chi connectivity index (χ2n) is 21.2. The lowest BCUT2D eigenvalue weighted by Crippen LogP contribution is -2.63. The molecule has 24 heteroatoms.